The zero-order chi connectivity index (χ0) is 16.6. The lowest BCUT2D eigenvalue weighted by molar-refractivity contribution is -0.137. The molecule has 1 N–H and O–H groups in total. The van der Waals surface area contributed by atoms with Crippen molar-refractivity contribution < 1.29 is 12.6 Å². The van der Waals surface area contributed by atoms with Crippen molar-refractivity contribution in [3.8, 4) is 0 Å². The maximum atomic E-state index is 10.3. The summed E-state index contributed by atoms with van der Waals surface area (Å²) < 4.78 is 15.7. The Balaban J connectivity index is 3.69. The van der Waals surface area contributed by atoms with Crippen molar-refractivity contribution in [2.45, 2.75) is 84.0 Å². The lowest BCUT2D eigenvalue weighted by Gasteiger charge is -1.97. The second-order valence-electron chi connectivity index (χ2n) is 5.23. The molecule has 0 radical (unpaired) electrons. The van der Waals surface area contributed by atoms with E-state index in [9.17, 15) is 4.79 Å². The third-order valence-electron chi connectivity index (χ3n) is 3.22. The summed E-state index contributed by atoms with van der Waals surface area (Å²) in [5.74, 6) is -0.736. The van der Waals surface area contributed by atoms with Gasteiger partial charge in [0.1, 0.15) is 0 Å². The zero-order valence-electron chi connectivity index (χ0n) is 15.0. The highest BCUT2D eigenvalue weighted by molar-refractivity contribution is 5.66. The lowest BCUT2D eigenvalue weighted by Crippen LogP contribution is -1.93. The van der Waals surface area contributed by atoms with E-state index in [-0.39, 0.29) is 6.42 Å². The molecule has 0 saturated heterocycles. The van der Waals surface area contributed by atoms with Crippen molar-refractivity contribution in [2.24, 2.45) is 0 Å². The van der Waals surface area contributed by atoms with Gasteiger partial charge in [-0.25, -0.2) is 0 Å². The van der Waals surface area contributed by atoms with Crippen molar-refractivity contribution in [2.75, 3.05) is 0 Å². The van der Waals surface area contributed by atoms with E-state index in [1.807, 2.05) is 6.08 Å². The van der Waals surface area contributed by atoms with Crippen LogP contribution in [0.25, 0.3) is 0 Å². The molecule has 20 heavy (non-hydrogen) atoms. The smallest absolute Gasteiger partial charge is 0.303 e. The van der Waals surface area contributed by atoms with E-state index in [2.05, 4.69) is 6.92 Å². The van der Waals surface area contributed by atoms with E-state index < -0.39 is 5.97 Å². The molecule has 0 rings (SSSR count). The minimum absolute atomic E-state index is 0.239. The van der Waals surface area contributed by atoms with Crippen molar-refractivity contribution in [1.29, 1.82) is 0 Å². The van der Waals surface area contributed by atoms with Crippen molar-refractivity contribution >= 4 is 5.97 Å². The highest BCUT2D eigenvalue weighted by atomic mass is 16.4. The van der Waals surface area contributed by atoms with Crippen LogP contribution in [0.3, 0.4) is 0 Å². The Kier molecular flexibility index (Phi) is 12.3. The largest absolute Gasteiger partial charge is 0.481 e. The van der Waals surface area contributed by atoms with Crippen molar-refractivity contribution in [3.05, 3.63) is 24.3 Å². The van der Waals surface area contributed by atoms with Crippen LogP contribution in [0.2, 0.25) is 0 Å². The number of carbonyl (C=O) groups is 1. The molecule has 0 aromatic rings. The first-order valence-corrected chi connectivity index (χ1v) is 8.12. The number of rotatable bonds is 14. The molecule has 0 bridgehead atoms. The van der Waals surface area contributed by atoms with Crippen LogP contribution in [0, 0.1) is 0 Å². The fourth-order valence-corrected chi connectivity index (χ4v) is 1.98. The van der Waals surface area contributed by atoms with Crippen molar-refractivity contribution in [1.82, 2.24) is 0 Å². The fraction of sp³-hybridized carbons (Fsp3) is 0.722. The van der Waals surface area contributed by atoms with Crippen molar-refractivity contribution in [3.63, 3.8) is 0 Å². The maximum absolute atomic E-state index is 10.3. The Morgan fingerprint density at radius 1 is 1.00 bits per heavy atom. The van der Waals surface area contributed by atoms with Gasteiger partial charge in [0.15, 0.2) is 0 Å². The van der Waals surface area contributed by atoms with E-state index in [0.29, 0.717) is 24.9 Å². The van der Waals surface area contributed by atoms with Crippen LogP contribution >= 0.6 is 0 Å². The maximum Gasteiger partial charge on any atom is 0.303 e. The predicted molar refractivity (Wildman–Crippen MR) is 87.0 cm³/mol. The van der Waals surface area contributed by atoms with Gasteiger partial charge in [0.25, 0.3) is 0 Å². The van der Waals surface area contributed by atoms with E-state index in [1.54, 1.807) is 6.08 Å². The molecule has 0 aliphatic heterocycles. The second-order valence-corrected chi connectivity index (χ2v) is 5.23. The summed E-state index contributed by atoms with van der Waals surface area (Å²) in [5.41, 5.74) is 0. The molecule has 0 aliphatic rings. The Hall–Kier alpha value is -1.05. The molecule has 0 atom stereocenters. The molecular weight excluding hydrogens is 248 g/mol. The lowest BCUT2D eigenvalue weighted by atomic mass is 10.1. The number of hydrogen-bond acceptors (Lipinski definition) is 1. The van der Waals surface area contributed by atoms with E-state index >= 15 is 0 Å². The summed E-state index contributed by atoms with van der Waals surface area (Å²) in [6.07, 6.45) is 15.2. The fourth-order valence-electron chi connectivity index (χ4n) is 1.98. The minimum Gasteiger partial charge on any atom is -0.481 e. The second kappa shape index (κ2) is 16.0. The number of allylic oxidation sites excluding steroid dienone is 4. The van der Waals surface area contributed by atoms with Gasteiger partial charge >= 0.3 is 5.97 Å². The molecule has 0 fully saturated rings. The number of aliphatic carboxylic acids is 1. The Labute approximate surface area is 127 Å². The molecule has 0 unspecified atom stereocenters. The summed E-state index contributed by atoms with van der Waals surface area (Å²) in [4.78, 5) is 10.3. The highest BCUT2D eigenvalue weighted by Gasteiger charge is 1.94. The van der Waals surface area contributed by atoms with Crippen LogP contribution in [-0.2, 0) is 4.79 Å². The van der Waals surface area contributed by atoms with Crippen LogP contribution in [-0.4, -0.2) is 11.1 Å². The van der Waals surface area contributed by atoms with Gasteiger partial charge in [-0.05, 0) is 32.1 Å². The molecule has 0 heterocycles. The van der Waals surface area contributed by atoms with E-state index in [4.69, 9.17) is 7.85 Å². The molecule has 0 spiro atoms. The summed E-state index contributed by atoms with van der Waals surface area (Å²) in [5, 5.41) is 8.52. The van der Waals surface area contributed by atoms with Crippen LogP contribution in [0.4, 0.5) is 0 Å². The normalized spacial score (nSPS) is 14.1. The van der Waals surface area contributed by atoms with Gasteiger partial charge < -0.3 is 5.11 Å². The minimum atomic E-state index is -0.736. The molecule has 0 aliphatic carbocycles. The third-order valence-corrected chi connectivity index (χ3v) is 3.22. The van der Waals surface area contributed by atoms with Gasteiger partial charge in [0.05, 0.1) is 2.74 Å². The molecule has 2 nitrogen and oxygen atoms in total. The molecule has 0 saturated carbocycles. The molecule has 2 heteroatoms. The third kappa shape index (κ3) is 16.9. The van der Waals surface area contributed by atoms with Gasteiger partial charge in [-0.3, -0.25) is 4.79 Å². The molecule has 0 amide bonds. The van der Waals surface area contributed by atoms with E-state index in [1.165, 1.54) is 25.7 Å². The number of carboxylic acids is 1. The van der Waals surface area contributed by atoms with Crippen LogP contribution in [0.5, 0.6) is 0 Å². The molecule has 0 aromatic heterocycles. The summed E-state index contributed by atoms with van der Waals surface area (Å²) in [7, 11) is 0. The van der Waals surface area contributed by atoms with Gasteiger partial charge in [0, 0.05) is 6.42 Å². The van der Waals surface area contributed by atoms with Gasteiger partial charge in [-0.15, -0.1) is 0 Å². The monoisotopic (exact) mass is 282 g/mol. The van der Waals surface area contributed by atoms with Crippen LogP contribution in [0.1, 0.15) is 86.7 Å². The molecule has 116 valence electrons. The number of unbranched alkanes of at least 4 members (excludes halogenated alkanes) is 8. The molecule has 0 aromatic carbocycles. The first-order valence-electron chi connectivity index (χ1n) is 9.12. The van der Waals surface area contributed by atoms with Crippen LogP contribution in [0.15, 0.2) is 24.3 Å². The Morgan fingerprint density at radius 3 is 2.40 bits per heavy atom. The summed E-state index contributed by atoms with van der Waals surface area (Å²) >= 11 is 0. The summed E-state index contributed by atoms with van der Waals surface area (Å²) in [6.45, 7) is 2.20. The first-order chi connectivity index (χ1) is 10.6. The molecular formula is C18H32O2. The Morgan fingerprint density at radius 2 is 1.65 bits per heavy atom. The summed E-state index contributed by atoms with van der Waals surface area (Å²) in [6, 6.07) is 0.747. The average molecular weight is 282 g/mol. The highest BCUT2D eigenvalue weighted by Crippen LogP contribution is 2.07. The topological polar surface area (TPSA) is 37.3 Å². The zero-order valence-corrected chi connectivity index (χ0v) is 13.0. The number of hydrogen-bond donors (Lipinski definition) is 1. The first kappa shape index (κ1) is 15.3. The van der Waals surface area contributed by atoms with Gasteiger partial charge in [0.2, 0.25) is 0 Å². The standard InChI is InChI=1S/C18H32O2/c1-2-3-4-5-6-7-8-9-10-11-12-13-14-15-16-17-18(19)20/h9-12H,2-8,13-17H2,1H3,(H,19,20)/b10-9-,12-11+/i9D,10D. The van der Waals surface area contributed by atoms with E-state index in [0.717, 1.165) is 32.1 Å². The predicted octanol–water partition coefficient (Wildman–Crippen LogP) is 5.88. The van der Waals surface area contributed by atoms with Gasteiger partial charge in [-0.2, -0.15) is 0 Å². The quantitative estimate of drug-likeness (QED) is 0.319. The Bertz CT molecular complexity index is 349. The van der Waals surface area contributed by atoms with Gasteiger partial charge in [-0.1, -0.05) is 69.7 Å². The average Bonchev–Trinajstić information content (AvgIpc) is 2.49. The number of carboxylic acid groups (broad SMARTS) is 1. The SMILES string of the molecule is [2H]C(/C=C/CCCCCC(=O)O)=C(\[2H])CCCCCCCC. The van der Waals surface area contributed by atoms with Crippen LogP contribution < -0.4 is 0 Å².